The summed E-state index contributed by atoms with van der Waals surface area (Å²) in [6.45, 7) is 1.75. The van der Waals surface area contributed by atoms with E-state index in [-0.39, 0.29) is 24.1 Å². The van der Waals surface area contributed by atoms with E-state index in [2.05, 4.69) is 10.3 Å². The van der Waals surface area contributed by atoms with Gasteiger partial charge in [0.1, 0.15) is 11.2 Å². The molecule has 2 aromatic carbocycles. The Morgan fingerprint density at radius 2 is 1.90 bits per heavy atom. The van der Waals surface area contributed by atoms with Gasteiger partial charge in [0.05, 0.1) is 17.9 Å². The number of benzene rings is 2. The van der Waals surface area contributed by atoms with Crippen molar-refractivity contribution in [3.63, 3.8) is 0 Å². The molecule has 1 unspecified atom stereocenters. The maximum absolute atomic E-state index is 12.9. The van der Waals surface area contributed by atoms with Crippen LogP contribution in [0.25, 0.3) is 20.7 Å². The molecule has 29 heavy (non-hydrogen) atoms. The van der Waals surface area contributed by atoms with Crippen molar-refractivity contribution in [1.82, 2.24) is 14.9 Å². The van der Waals surface area contributed by atoms with Gasteiger partial charge in [-0.2, -0.15) is 0 Å². The number of aromatic nitrogens is 2. The number of carbonyl (C=O) groups is 1. The highest BCUT2D eigenvalue weighted by Gasteiger charge is 2.15. The van der Waals surface area contributed by atoms with Crippen molar-refractivity contribution < 1.29 is 4.79 Å². The summed E-state index contributed by atoms with van der Waals surface area (Å²) >= 11 is 7.58. The molecule has 4 aromatic rings. The van der Waals surface area contributed by atoms with Crippen LogP contribution in [0, 0.1) is 0 Å². The van der Waals surface area contributed by atoms with E-state index in [1.807, 2.05) is 61.5 Å². The molecule has 4 rings (SSSR count). The number of nitrogens with one attached hydrogen (secondary N) is 1. The zero-order valence-electron chi connectivity index (χ0n) is 15.6. The van der Waals surface area contributed by atoms with Gasteiger partial charge in [0.25, 0.3) is 5.56 Å². The zero-order valence-corrected chi connectivity index (χ0v) is 17.2. The number of hydrogen-bond acceptors (Lipinski definition) is 4. The lowest BCUT2D eigenvalue weighted by Gasteiger charge is -2.16. The molecule has 0 fully saturated rings. The third-order valence-electron chi connectivity index (χ3n) is 4.63. The van der Waals surface area contributed by atoms with Gasteiger partial charge < -0.3 is 5.32 Å². The van der Waals surface area contributed by atoms with E-state index in [0.717, 1.165) is 16.0 Å². The molecule has 0 saturated carbocycles. The number of rotatable bonds is 5. The minimum Gasteiger partial charge on any atom is -0.348 e. The maximum Gasteiger partial charge on any atom is 0.271 e. The average Bonchev–Trinajstić information content (AvgIpc) is 3.16. The standard InChI is InChI=1S/C22H18ClN3O2S/c1-14(16-9-5-6-10-17(16)23)25-20(27)12-26-13-24-18-11-19(29-21(18)22(26)28)15-7-3-2-4-8-15/h2-11,13-14H,12H2,1H3,(H,25,27). The Labute approximate surface area is 176 Å². The molecule has 0 radical (unpaired) electrons. The van der Waals surface area contributed by atoms with Gasteiger partial charge in [-0.25, -0.2) is 4.98 Å². The number of carbonyl (C=O) groups excluding carboxylic acids is 1. The van der Waals surface area contributed by atoms with E-state index in [0.29, 0.717) is 15.2 Å². The van der Waals surface area contributed by atoms with E-state index in [1.54, 1.807) is 6.07 Å². The fraction of sp³-hybridized carbons (Fsp3) is 0.136. The minimum atomic E-state index is -0.277. The van der Waals surface area contributed by atoms with E-state index < -0.39 is 0 Å². The van der Waals surface area contributed by atoms with Crippen molar-refractivity contribution in [2.45, 2.75) is 19.5 Å². The fourth-order valence-corrected chi connectivity index (χ4v) is 4.51. The summed E-state index contributed by atoms with van der Waals surface area (Å²) < 4.78 is 1.88. The highest BCUT2D eigenvalue weighted by atomic mass is 35.5. The third-order valence-corrected chi connectivity index (χ3v) is 6.13. The first-order chi connectivity index (χ1) is 14.0. The lowest BCUT2D eigenvalue weighted by Crippen LogP contribution is -2.33. The summed E-state index contributed by atoms with van der Waals surface area (Å²) in [7, 11) is 0. The van der Waals surface area contributed by atoms with Crippen LogP contribution in [0.15, 0.2) is 71.8 Å². The maximum atomic E-state index is 12.9. The van der Waals surface area contributed by atoms with Crippen molar-refractivity contribution >= 4 is 39.1 Å². The van der Waals surface area contributed by atoms with Crippen LogP contribution in [0.1, 0.15) is 18.5 Å². The van der Waals surface area contributed by atoms with Crippen molar-refractivity contribution in [2.75, 3.05) is 0 Å². The van der Waals surface area contributed by atoms with Crippen LogP contribution >= 0.6 is 22.9 Å². The number of fused-ring (bicyclic) bond motifs is 1. The second-order valence-electron chi connectivity index (χ2n) is 6.68. The minimum absolute atomic E-state index is 0.102. The molecule has 0 aliphatic heterocycles. The first-order valence-electron chi connectivity index (χ1n) is 9.11. The molecule has 7 heteroatoms. The molecule has 0 saturated heterocycles. The van der Waals surface area contributed by atoms with Gasteiger partial charge in [-0.1, -0.05) is 60.1 Å². The molecular weight excluding hydrogens is 406 g/mol. The molecule has 1 amide bonds. The zero-order chi connectivity index (χ0) is 20.4. The van der Waals surface area contributed by atoms with E-state index in [9.17, 15) is 9.59 Å². The molecule has 0 aliphatic carbocycles. The Morgan fingerprint density at radius 1 is 1.17 bits per heavy atom. The number of amides is 1. The van der Waals surface area contributed by atoms with Crippen molar-refractivity contribution in [3.05, 3.63) is 87.9 Å². The summed E-state index contributed by atoms with van der Waals surface area (Å²) in [6, 6.07) is 18.8. The summed E-state index contributed by atoms with van der Waals surface area (Å²) in [5.74, 6) is -0.277. The van der Waals surface area contributed by atoms with Crippen molar-refractivity contribution in [2.24, 2.45) is 0 Å². The number of hydrogen-bond donors (Lipinski definition) is 1. The van der Waals surface area contributed by atoms with Gasteiger partial charge in [0.15, 0.2) is 0 Å². The second-order valence-corrected chi connectivity index (χ2v) is 8.14. The topological polar surface area (TPSA) is 64.0 Å². The normalized spacial score (nSPS) is 12.1. The summed E-state index contributed by atoms with van der Waals surface area (Å²) in [6.07, 6.45) is 1.42. The molecule has 0 bridgehead atoms. The Hall–Kier alpha value is -2.96. The highest BCUT2D eigenvalue weighted by Crippen LogP contribution is 2.30. The Morgan fingerprint density at radius 3 is 2.66 bits per heavy atom. The first kappa shape index (κ1) is 19.4. The molecule has 1 N–H and O–H groups in total. The molecule has 146 valence electrons. The second kappa shape index (κ2) is 8.19. The largest absolute Gasteiger partial charge is 0.348 e. The molecular formula is C22H18ClN3O2S. The van der Waals surface area contributed by atoms with Gasteiger partial charge in [0, 0.05) is 9.90 Å². The Bertz CT molecular complexity index is 1230. The van der Waals surface area contributed by atoms with Crippen molar-refractivity contribution in [1.29, 1.82) is 0 Å². The van der Waals surface area contributed by atoms with Crippen LogP contribution in [0.4, 0.5) is 0 Å². The van der Waals surface area contributed by atoms with Crippen LogP contribution in [0.2, 0.25) is 5.02 Å². The van der Waals surface area contributed by atoms with Crippen LogP contribution in [-0.2, 0) is 11.3 Å². The van der Waals surface area contributed by atoms with E-state index in [1.165, 1.54) is 22.2 Å². The van der Waals surface area contributed by atoms with Crippen LogP contribution in [0.5, 0.6) is 0 Å². The monoisotopic (exact) mass is 423 g/mol. The summed E-state index contributed by atoms with van der Waals surface area (Å²) in [4.78, 5) is 30.7. The van der Waals surface area contributed by atoms with Gasteiger partial charge in [-0.05, 0) is 30.2 Å². The molecule has 5 nitrogen and oxygen atoms in total. The van der Waals surface area contributed by atoms with Crippen LogP contribution in [-0.4, -0.2) is 15.5 Å². The van der Waals surface area contributed by atoms with Crippen LogP contribution < -0.4 is 10.9 Å². The van der Waals surface area contributed by atoms with Gasteiger partial charge in [-0.15, -0.1) is 11.3 Å². The number of thiophene rings is 1. The Kier molecular flexibility index (Phi) is 5.47. The Balaban J connectivity index is 1.55. The van der Waals surface area contributed by atoms with Gasteiger partial charge in [-0.3, -0.25) is 14.2 Å². The average molecular weight is 424 g/mol. The quantitative estimate of drug-likeness (QED) is 0.508. The molecule has 2 aromatic heterocycles. The SMILES string of the molecule is CC(NC(=O)Cn1cnc2cc(-c3ccccc3)sc2c1=O)c1ccccc1Cl. The first-order valence-corrected chi connectivity index (χ1v) is 10.3. The predicted molar refractivity (Wildman–Crippen MR) is 117 cm³/mol. The summed E-state index contributed by atoms with van der Waals surface area (Å²) in [5, 5.41) is 3.47. The van der Waals surface area contributed by atoms with Crippen LogP contribution in [0.3, 0.4) is 0 Å². The van der Waals surface area contributed by atoms with Gasteiger partial charge >= 0.3 is 0 Å². The molecule has 2 heterocycles. The van der Waals surface area contributed by atoms with Gasteiger partial charge in [0.2, 0.25) is 5.91 Å². The number of nitrogens with zero attached hydrogens (tertiary/aromatic N) is 2. The lowest BCUT2D eigenvalue weighted by atomic mass is 10.1. The smallest absolute Gasteiger partial charge is 0.271 e. The predicted octanol–water partition coefficient (Wildman–Crippen LogP) is 4.66. The molecule has 0 aliphatic rings. The highest BCUT2D eigenvalue weighted by molar-refractivity contribution is 7.22. The number of halogens is 1. The molecule has 0 spiro atoms. The summed E-state index contributed by atoms with van der Waals surface area (Å²) in [5.41, 5.74) is 2.28. The fourth-order valence-electron chi connectivity index (χ4n) is 3.15. The molecule has 1 atom stereocenters. The van der Waals surface area contributed by atoms with E-state index in [4.69, 9.17) is 11.6 Å². The van der Waals surface area contributed by atoms with E-state index >= 15 is 0 Å². The third kappa shape index (κ3) is 4.09. The lowest BCUT2D eigenvalue weighted by molar-refractivity contribution is -0.122. The van der Waals surface area contributed by atoms with Crippen molar-refractivity contribution in [3.8, 4) is 10.4 Å².